The minimum absolute atomic E-state index is 0.0247. The van der Waals surface area contributed by atoms with Crippen molar-refractivity contribution in [3.8, 4) is 0 Å². The summed E-state index contributed by atoms with van der Waals surface area (Å²) in [5, 5.41) is 1.64. The summed E-state index contributed by atoms with van der Waals surface area (Å²) in [5.74, 6) is 19.3. The van der Waals surface area contributed by atoms with Gasteiger partial charge >= 0.3 is 47.8 Å². The molecular weight excluding hydrogens is 1730 g/mol. The molecule has 16 nitrogen and oxygen atoms in total. The summed E-state index contributed by atoms with van der Waals surface area (Å²) in [4.78, 5) is 88.2. The number of hydrogen-bond acceptors (Lipinski definition) is 32. The monoisotopic (exact) mass is 1850 g/mol. The molecule has 0 aromatic rings. The predicted octanol–water partition coefficient (Wildman–Crippen LogP) is 21.0. The zero-order chi connectivity index (χ0) is 83.2. The SMILES string of the molecule is C=C(C)C(=O)OC1(C)CSCCCS1.C=C(C)C(=O)OC1(C)SCCCSC1C.C=C(C)C(=O)OC12CCCC1SCCCS2.C=C(C)C(=O)OC1CSCCCS1.C=CC(=O)OC1(C)CSCCCS1.C=CC(=O)OC1(C)SCCCSC1C.C=CC(=O)OC12CCCC1SCCCS2.C=CC(=O)OC1CSCCCS1. The normalized spacial score (nSPS) is 30.1. The largest absolute Gasteiger partial charge is 0.447 e. The number of rotatable bonds is 16. The maximum Gasteiger partial charge on any atom is 0.334 e. The molecular formula is C80H124O16S16. The lowest BCUT2D eigenvalue weighted by atomic mass is 10.3. The Bertz CT molecular complexity index is 3020. The van der Waals surface area contributed by atoms with E-state index in [-0.39, 0.29) is 78.4 Å². The van der Waals surface area contributed by atoms with Crippen LogP contribution < -0.4 is 0 Å². The van der Waals surface area contributed by atoms with Crippen LogP contribution in [0.2, 0.25) is 0 Å². The molecule has 112 heavy (non-hydrogen) atoms. The zero-order valence-corrected chi connectivity index (χ0v) is 80.6. The second kappa shape index (κ2) is 57.5. The molecule has 0 bridgehead atoms. The Kier molecular flexibility index (Phi) is 54.2. The summed E-state index contributed by atoms with van der Waals surface area (Å²) in [5.41, 5.74) is 1.99. The summed E-state index contributed by atoms with van der Waals surface area (Å²) < 4.78 is 43.4. The van der Waals surface area contributed by atoms with Gasteiger partial charge in [-0.15, -0.1) is 94.1 Å². The van der Waals surface area contributed by atoms with Gasteiger partial charge in [-0.05, 0) is 251 Å². The molecule has 12 atom stereocenters. The molecule has 2 aliphatic carbocycles. The van der Waals surface area contributed by atoms with Crippen molar-refractivity contribution in [1.29, 1.82) is 0 Å². The number of hydrogen-bond donors (Lipinski definition) is 0. The first-order valence-electron chi connectivity index (χ1n) is 37.9. The molecule has 0 radical (unpaired) electrons. The second-order valence-electron chi connectivity index (χ2n) is 27.4. The molecule has 2 saturated carbocycles. The Hall–Kier alpha value is -0.720. The lowest BCUT2D eigenvalue weighted by Crippen LogP contribution is -2.37. The average Bonchev–Trinajstić information content (AvgIpc) is 1.66. The smallest absolute Gasteiger partial charge is 0.334 e. The number of esters is 8. The summed E-state index contributed by atoms with van der Waals surface area (Å²) in [7, 11) is 0. The maximum absolute atomic E-state index is 11.7. The fourth-order valence-corrected chi connectivity index (χ4v) is 32.5. The lowest BCUT2D eigenvalue weighted by molar-refractivity contribution is -0.146. The van der Waals surface area contributed by atoms with Gasteiger partial charge in [-0.2, -0.15) is 94.1 Å². The van der Waals surface area contributed by atoms with Crippen LogP contribution in [0.25, 0.3) is 0 Å². The van der Waals surface area contributed by atoms with Crippen LogP contribution in [0.15, 0.2) is 99.2 Å². The number of thioether (sulfide) groups is 16. The average molecular weight is 1850 g/mol. The van der Waals surface area contributed by atoms with Crippen molar-refractivity contribution in [2.75, 3.05) is 115 Å². The van der Waals surface area contributed by atoms with Crippen molar-refractivity contribution >= 4 is 236 Å². The van der Waals surface area contributed by atoms with E-state index in [9.17, 15) is 38.4 Å². The highest BCUT2D eigenvalue weighted by atomic mass is 32.2. The third-order valence-electron chi connectivity index (χ3n) is 17.1. The minimum atomic E-state index is -0.406. The molecule has 8 saturated heterocycles. The third kappa shape index (κ3) is 41.7. The van der Waals surface area contributed by atoms with Gasteiger partial charge in [0, 0.05) is 69.6 Å². The van der Waals surface area contributed by atoms with Crippen molar-refractivity contribution in [1.82, 2.24) is 0 Å². The third-order valence-corrected chi connectivity index (χ3v) is 40.5. The first-order chi connectivity index (χ1) is 53.2. The van der Waals surface area contributed by atoms with Crippen LogP contribution in [0.1, 0.15) is 159 Å². The van der Waals surface area contributed by atoms with E-state index in [1.54, 1.807) is 98.3 Å². The van der Waals surface area contributed by atoms with Crippen LogP contribution >= 0.6 is 188 Å². The molecule has 0 amide bonds. The van der Waals surface area contributed by atoms with Gasteiger partial charge in [-0.1, -0.05) is 52.6 Å². The summed E-state index contributed by atoms with van der Waals surface area (Å²) in [6.45, 7) is 47.0. The highest BCUT2D eigenvalue weighted by molar-refractivity contribution is 8.07. The van der Waals surface area contributed by atoms with Gasteiger partial charge in [0.25, 0.3) is 0 Å². The molecule has 10 rings (SSSR count). The molecule has 8 heterocycles. The Balaban J connectivity index is 0.000000332. The van der Waals surface area contributed by atoms with Gasteiger partial charge in [-0.3, -0.25) is 0 Å². The van der Waals surface area contributed by atoms with Gasteiger partial charge < -0.3 is 37.9 Å². The number of ether oxygens (including phenoxy) is 8. The molecule has 0 aromatic heterocycles. The van der Waals surface area contributed by atoms with E-state index in [0.717, 1.165) is 105 Å². The van der Waals surface area contributed by atoms with Crippen LogP contribution in [0, 0.1) is 0 Å². The molecule has 10 fully saturated rings. The fourth-order valence-electron chi connectivity index (χ4n) is 10.7. The van der Waals surface area contributed by atoms with Gasteiger partial charge in [0.15, 0.2) is 40.5 Å². The van der Waals surface area contributed by atoms with E-state index in [1.807, 2.05) is 145 Å². The Morgan fingerprint density at radius 2 is 0.661 bits per heavy atom. The van der Waals surface area contributed by atoms with E-state index in [4.69, 9.17) is 37.9 Å². The Labute approximate surface area is 739 Å². The van der Waals surface area contributed by atoms with Crippen molar-refractivity contribution in [3.05, 3.63) is 99.2 Å². The number of carbonyl (C=O) groups is 8. The van der Waals surface area contributed by atoms with Crippen molar-refractivity contribution in [2.45, 2.75) is 221 Å². The van der Waals surface area contributed by atoms with Gasteiger partial charge in [0.2, 0.25) is 0 Å². The van der Waals surface area contributed by atoms with Crippen molar-refractivity contribution in [2.24, 2.45) is 0 Å². The van der Waals surface area contributed by atoms with Gasteiger partial charge in [0.1, 0.15) is 0 Å². The quantitative estimate of drug-likeness (QED) is 0.0799. The molecule has 12 unspecified atom stereocenters. The van der Waals surface area contributed by atoms with E-state index in [1.165, 1.54) is 124 Å². The van der Waals surface area contributed by atoms with Crippen molar-refractivity contribution < 1.29 is 76.3 Å². The van der Waals surface area contributed by atoms with Gasteiger partial charge in [0.05, 0.1) is 21.0 Å². The molecule has 636 valence electrons. The number of fused-ring (bicyclic) bond motifs is 2. The van der Waals surface area contributed by atoms with Crippen LogP contribution in [0.5, 0.6) is 0 Å². The Morgan fingerprint density at radius 1 is 0.330 bits per heavy atom. The first kappa shape index (κ1) is 105. The highest BCUT2D eigenvalue weighted by Gasteiger charge is 2.50. The molecule has 32 heteroatoms. The van der Waals surface area contributed by atoms with Crippen LogP contribution in [-0.2, 0) is 76.3 Å². The van der Waals surface area contributed by atoms with Crippen molar-refractivity contribution in [3.63, 3.8) is 0 Å². The maximum atomic E-state index is 11.7. The number of carbonyl (C=O) groups excluding carboxylic acids is 8. The van der Waals surface area contributed by atoms with E-state index in [0.29, 0.717) is 43.3 Å². The summed E-state index contributed by atoms with van der Waals surface area (Å²) in [6, 6.07) is 0. The molecule has 0 N–H and O–H groups in total. The predicted molar refractivity (Wildman–Crippen MR) is 505 cm³/mol. The standard InChI is InChI=1S/C12H18O2S2.C11H16O2S2.C11H18O2S2.2C10H16O2S2.2C9H14O2S2.C8H12O2S2/c1-9(2)11(13)14-12-6-3-5-10(12)15-7-4-8-16-12;1-2-10(12)13-11-6-3-5-9(11)14-7-4-8-15-11;1-8(2)10(12)13-11(4)9(3)14-6-5-7-15-11;1-8(2)9(11)12-10(3)7-13-5-4-6-14-10;1-4-9(11)12-10(3)8(2)13-6-5-7-14-10;1-7(2)9(10)11-8-6-12-4-3-5-13-8;1-3-8(10)11-9(2)7-12-5-4-6-13-9;1-2-7(9)10-8-6-11-4-3-5-12-8/h10H,1,3-8H2,2H3;2,9H,1,3-8H2;9H,1,5-7H2,2-4H3;1,4-7H2,2-3H3;4,8H,1,5-7H2,2-3H3;8H,1,3-6H2,2H3;3H,1,4-7H2,2H3;2,8H,1,3-6H2. The second-order valence-corrected chi connectivity index (χ2v) is 48.9. The highest BCUT2D eigenvalue weighted by Crippen LogP contribution is 2.53. The zero-order valence-electron chi connectivity index (χ0n) is 67.5. The minimum Gasteiger partial charge on any atom is -0.447 e. The van der Waals surface area contributed by atoms with Crippen LogP contribution in [0.4, 0.5) is 0 Å². The lowest BCUT2D eigenvalue weighted by Gasteiger charge is -2.32. The fraction of sp³-hybridized carbons (Fsp3) is 0.700. The van der Waals surface area contributed by atoms with Gasteiger partial charge in [-0.25, -0.2) is 38.4 Å². The van der Waals surface area contributed by atoms with E-state index >= 15 is 0 Å². The van der Waals surface area contributed by atoms with E-state index in [2.05, 4.69) is 66.5 Å². The topological polar surface area (TPSA) is 210 Å². The van der Waals surface area contributed by atoms with Crippen LogP contribution in [-0.4, -0.2) is 224 Å². The summed E-state index contributed by atoms with van der Waals surface area (Å²) >= 11 is 29.1. The Morgan fingerprint density at radius 3 is 1.11 bits per heavy atom. The molecule has 8 aliphatic heterocycles. The molecule has 0 spiro atoms. The van der Waals surface area contributed by atoms with E-state index < -0.39 is 9.87 Å². The molecule has 0 aromatic carbocycles. The first-order valence-corrected chi connectivity index (χ1v) is 54.8. The molecule has 10 aliphatic rings. The van der Waals surface area contributed by atoms with Crippen LogP contribution in [0.3, 0.4) is 0 Å². The summed E-state index contributed by atoms with van der Waals surface area (Å²) in [6.07, 6.45) is 21.3.